The predicted octanol–water partition coefficient (Wildman–Crippen LogP) is 2.89. The summed E-state index contributed by atoms with van der Waals surface area (Å²) >= 11 is 0. The van der Waals surface area contributed by atoms with Crippen LogP contribution in [0.2, 0.25) is 0 Å². The van der Waals surface area contributed by atoms with Crippen molar-refractivity contribution >= 4 is 5.97 Å². The number of likely N-dealkylation sites (tertiary alicyclic amines) is 1. The average molecular weight is 227 g/mol. The van der Waals surface area contributed by atoms with Gasteiger partial charge in [-0.25, -0.2) is 0 Å². The fourth-order valence-corrected chi connectivity index (χ4v) is 2.66. The fourth-order valence-electron chi connectivity index (χ4n) is 2.66. The van der Waals surface area contributed by atoms with Gasteiger partial charge in [-0.3, -0.25) is 9.69 Å². The van der Waals surface area contributed by atoms with Gasteiger partial charge in [-0.2, -0.15) is 0 Å². The number of piperidine rings is 1. The second kappa shape index (κ2) is 6.89. The van der Waals surface area contributed by atoms with E-state index in [1.165, 1.54) is 19.3 Å². The van der Waals surface area contributed by atoms with Gasteiger partial charge in [-0.15, -0.1) is 0 Å². The SMILES string of the molecule is C[C@@H]1CCC[C@H](C)N1CCCCCC(=O)O. The van der Waals surface area contributed by atoms with Crippen LogP contribution in [-0.4, -0.2) is 34.6 Å². The van der Waals surface area contributed by atoms with E-state index in [1.54, 1.807) is 0 Å². The van der Waals surface area contributed by atoms with Crippen molar-refractivity contribution in [2.45, 2.75) is 70.9 Å². The highest BCUT2D eigenvalue weighted by Gasteiger charge is 2.23. The van der Waals surface area contributed by atoms with Crippen molar-refractivity contribution in [3.05, 3.63) is 0 Å². The van der Waals surface area contributed by atoms with E-state index in [0.717, 1.165) is 25.8 Å². The Balaban J connectivity index is 2.13. The Morgan fingerprint density at radius 1 is 1.19 bits per heavy atom. The van der Waals surface area contributed by atoms with Crippen LogP contribution < -0.4 is 0 Å². The number of carboxylic acid groups (broad SMARTS) is 1. The Morgan fingerprint density at radius 3 is 2.38 bits per heavy atom. The number of aliphatic carboxylic acids is 1. The van der Waals surface area contributed by atoms with E-state index in [-0.39, 0.29) is 0 Å². The standard InChI is InChI=1S/C13H25NO2/c1-11-7-6-8-12(2)14(11)10-5-3-4-9-13(15)16/h11-12H,3-10H2,1-2H3,(H,15,16)/t11-,12+. The molecule has 2 atom stereocenters. The smallest absolute Gasteiger partial charge is 0.303 e. The first-order chi connectivity index (χ1) is 7.61. The molecule has 0 bridgehead atoms. The van der Waals surface area contributed by atoms with Crippen LogP contribution in [0.1, 0.15) is 58.8 Å². The van der Waals surface area contributed by atoms with Crippen LogP contribution in [0, 0.1) is 0 Å². The quantitative estimate of drug-likeness (QED) is 0.709. The Hall–Kier alpha value is -0.570. The van der Waals surface area contributed by atoms with Crippen molar-refractivity contribution < 1.29 is 9.90 Å². The monoisotopic (exact) mass is 227 g/mol. The third-order valence-corrected chi connectivity index (χ3v) is 3.68. The number of carboxylic acids is 1. The zero-order valence-corrected chi connectivity index (χ0v) is 10.6. The third-order valence-electron chi connectivity index (χ3n) is 3.68. The molecule has 1 aliphatic rings. The van der Waals surface area contributed by atoms with Gasteiger partial charge in [0.15, 0.2) is 0 Å². The lowest BCUT2D eigenvalue weighted by molar-refractivity contribution is -0.137. The summed E-state index contributed by atoms with van der Waals surface area (Å²) in [5, 5.41) is 8.54. The molecule has 0 saturated carbocycles. The zero-order valence-electron chi connectivity index (χ0n) is 10.6. The molecule has 16 heavy (non-hydrogen) atoms. The van der Waals surface area contributed by atoms with Gasteiger partial charge in [0.25, 0.3) is 0 Å². The van der Waals surface area contributed by atoms with Gasteiger partial charge < -0.3 is 5.11 Å². The summed E-state index contributed by atoms with van der Waals surface area (Å²) in [7, 11) is 0. The molecule has 3 nitrogen and oxygen atoms in total. The maximum Gasteiger partial charge on any atom is 0.303 e. The van der Waals surface area contributed by atoms with Gasteiger partial charge in [0.05, 0.1) is 0 Å². The summed E-state index contributed by atoms with van der Waals surface area (Å²) in [5.74, 6) is -0.667. The first-order valence-electron chi connectivity index (χ1n) is 6.59. The summed E-state index contributed by atoms with van der Waals surface area (Å²) in [4.78, 5) is 12.9. The van der Waals surface area contributed by atoms with Crippen LogP contribution >= 0.6 is 0 Å². The van der Waals surface area contributed by atoms with E-state index in [4.69, 9.17) is 5.11 Å². The molecule has 0 spiro atoms. The number of rotatable bonds is 6. The molecule has 0 unspecified atom stereocenters. The number of nitrogens with zero attached hydrogens (tertiary/aromatic N) is 1. The molecular weight excluding hydrogens is 202 g/mol. The van der Waals surface area contributed by atoms with Crippen LogP contribution in [0.25, 0.3) is 0 Å². The van der Waals surface area contributed by atoms with Gasteiger partial charge in [-0.05, 0) is 46.1 Å². The Kier molecular flexibility index (Phi) is 5.81. The molecular formula is C13H25NO2. The molecule has 0 aromatic rings. The van der Waals surface area contributed by atoms with Crippen LogP contribution in [-0.2, 0) is 4.79 Å². The van der Waals surface area contributed by atoms with E-state index < -0.39 is 5.97 Å². The summed E-state index contributed by atoms with van der Waals surface area (Å²) in [5.41, 5.74) is 0. The predicted molar refractivity (Wildman–Crippen MR) is 65.6 cm³/mol. The van der Waals surface area contributed by atoms with Crippen molar-refractivity contribution in [3.8, 4) is 0 Å². The largest absolute Gasteiger partial charge is 0.481 e. The Bertz CT molecular complexity index is 208. The molecule has 0 aliphatic carbocycles. The van der Waals surface area contributed by atoms with Crippen LogP contribution in [0.4, 0.5) is 0 Å². The highest BCUT2D eigenvalue weighted by atomic mass is 16.4. The lowest BCUT2D eigenvalue weighted by atomic mass is 9.97. The van der Waals surface area contributed by atoms with E-state index >= 15 is 0 Å². The first kappa shape index (κ1) is 13.5. The average Bonchev–Trinajstić information content (AvgIpc) is 2.21. The van der Waals surface area contributed by atoms with Gasteiger partial charge in [-0.1, -0.05) is 12.8 Å². The number of carbonyl (C=O) groups is 1. The van der Waals surface area contributed by atoms with E-state index in [2.05, 4.69) is 18.7 Å². The molecule has 0 radical (unpaired) electrons. The molecule has 0 aromatic carbocycles. The maximum absolute atomic E-state index is 10.4. The molecule has 3 heteroatoms. The van der Waals surface area contributed by atoms with Crippen molar-refractivity contribution in [1.82, 2.24) is 4.90 Å². The Morgan fingerprint density at radius 2 is 1.81 bits per heavy atom. The topological polar surface area (TPSA) is 40.5 Å². The van der Waals surface area contributed by atoms with Crippen molar-refractivity contribution in [2.24, 2.45) is 0 Å². The lowest BCUT2D eigenvalue weighted by Gasteiger charge is -2.39. The minimum absolute atomic E-state index is 0.325. The third kappa shape index (κ3) is 4.52. The number of hydrogen-bond donors (Lipinski definition) is 1. The van der Waals surface area contributed by atoms with Crippen molar-refractivity contribution in [2.75, 3.05) is 6.54 Å². The highest BCUT2D eigenvalue weighted by Crippen LogP contribution is 2.22. The lowest BCUT2D eigenvalue weighted by Crippen LogP contribution is -2.44. The second-order valence-electron chi connectivity index (χ2n) is 5.07. The van der Waals surface area contributed by atoms with Gasteiger partial charge in [0.1, 0.15) is 0 Å². The van der Waals surface area contributed by atoms with E-state index in [0.29, 0.717) is 18.5 Å². The molecule has 1 rings (SSSR count). The van der Waals surface area contributed by atoms with Crippen LogP contribution in [0.5, 0.6) is 0 Å². The summed E-state index contributed by atoms with van der Waals surface area (Å²) in [6.45, 7) is 5.77. The summed E-state index contributed by atoms with van der Waals surface area (Å²) < 4.78 is 0. The highest BCUT2D eigenvalue weighted by molar-refractivity contribution is 5.66. The van der Waals surface area contributed by atoms with Crippen LogP contribution in [0.15, 0.2) is 0 Å². The molecule has 1 heterocycles. The zero-order chi connectivity index (χ0) is 12.0. The van der Waals surface area contributed by atoms with Gasteiger partial charge >= 0.3 is 5.97 Å². The van der Waals surface area contributed by atoms with E-state index in [1.807, 2.05) is 0 Å². The number of unbranched alkanes of at least 4 members (excludes halogenated alkanes) is 2. The van der Waals surface area contributed by atoms with Gasteiger partial charge in [0.2, 0.25) is 0 Å². The molecule has 0 aromatic heterocycles. The minimum Gasteiger partial charge on any atom is -0.481 e. The number of hydrogen-bond acceptors (Lipinski definition) is 2. The summed E-state index contributed by atoms with van der Waals surface area (Å²) in [6.07, 6.45) is 7.33. The summed E-state index contributed by atoms with van der Waals surface area (Å²) in [6, 6.07) is 1.42. The normalized spacial score (nSPS) is 26.9. The first-order valence-corrected chi connectivity index (χ1v) is 6.59. The van der Waals surface area contributed by atoms with Crippen molar-refractivity contribution in [3.63, 3.8) is 0 Å². The molecule has 1 N–H and O–H groups in total. The fraction of sp³-hybridized carbons (Fsp3) is 0.923. The molecule has 1 fully saturated rings. The maximum atomic E-state index is 10.4. The molecule has 94 valence electrons. The van der Waals surface area contributed by atoms with Gasteiger partial charge in [0, 0.05) is 18.5 Å². The van der Waals surface area contributed by atoms with E-state index in [9.17, 15) is 4.79 Å². The molecule has 0 amide bonds. The van der Waals surface area contributed by atoms with Crippen LogP contribution in [0.3, 0.4) is 0 Å². The second-order valence-corrected chi connectivity index (χ2v) is 5.07. The Labute approximate surface area is 98.8 Å². The minimum atomic E-state index is -0.667. The molecule has 1 aliphatic heterocycles. The van der Waals surface area contributed by atoms with Crippen molar-refractivity contribution in [1.29, 1.82) is 0 Å². The molecule has 1 saturated heterocycles.